The largest absolute Gasteiger partial charge is 0.481 e. The number of anilines is 1. The monoisotopic (exact) mass is 479 g/mol. The molecule has 3 aromatic rings. The number of carboxylic acids is 1. The summed E-state index contributed by atoms with van der Waals surface area (Å²) in [6.45, 7) is 2.42. The average molecular weight is 480 g/mol. The molecule has 0 radical (unpaired) electrons. The zero-order valence-corrected chi connectivity index (χ0v) is 19.4. The van der Waals surface area contributed by atoms with Gasteiger partial charge in [-0.05, 0) is 34.6 Å². The van der Waals surface area contributed by atoms with Gasteiger partial charge in [0, 0.05) is 18.9 Å². The highest BCUT2D eigenvalue weighted by molar-refractivity contribution is 7.17. The molecule has 0 aliphatic heterocycles. The number of fused-ring (bicyclic) bond motifs is 3. The normalized spacial score (nSPS) is 13.0. The zero-order chi connectivity index (χ0) is 24.1. The number of nitrogens with one attached hydrogen (secondary N) is 2. The Balaban J connectivity index is 1.29. The molecule has 8 nitrogen and oxygen atoms in total. The van der Waals surface area contributed by atoms with E-state index in [9.17, 15) is 14.4 Å². The molecule has 176 valence electrons. The van der Waals surface area contributed by atoms with Crippen molar-refractivity contribution in [1.29, 1.82) is 0 Å². The number of carboxylic acid groups (broad SMARTS) is 1. The van der Waals surface area contributed by atoms with Crippen molar-refractivity contribution in [1.82, 2.24) is 10.3 Å². The summed E-state index contributed by atoms with van der Waals surface area (Å²) in [6, 6.07) is 16.2. The van der Waals surface area contributed by atoms with Crippen LogP contribution in [-0.2, 0) is 9.53 Å². The van der Waals surface area contributed by atoms with Crippen LogP contribution >= 0.6 is 11.3 Å². The first-order chi connectivity index (χ1) is 16.4. The van der Waals surface area contributed by atoms with Crippen LogP contribution in [0.4, 0.5) is 9.93 Å². The maximum Gasteiger partial charge on any atom is 0.413 e. The van der Waals surface area contributed by atoms with Gasteiger partial charge in [0.1, 0.15) is 11.5 Å². The van der Waals surface area contributed by atoms with Crippen LogP contribution in [0.1, 0.15) is 46.5 Å². The van der Waals surface area contributed by atoms with E-state index in [1.165, 1.54) is 6.20 Å². The first kappa shape index (κ1) is 23.4. The predicted molar refractivity (Wildman–Crippen MR) is 129 cm³/mol. The van der Waals surface area contributed by atoms with Gasteiger partial charge >= 0.3 is 12.1 Å². The van der Waals surface area contributed by atoms with Crippen LogP contribution in [0.5, 0.6) is 0 Å². The second kappa shape index (κ2) is 10.5. The van der Waals surface area contributed by atoms with E-state index in [-0.39, 0.29) is 35.9 Å². The molecule has 1 aliphatic carbocycles. The molecule has 1 unspecified atom stereocenters. The van der Waals surface area contributed by atoms with Gasteiger partial charge in [-0.25, -0.2) is 9.78 Å². The Morgan fingerprint density at radius 3 is 2.38 bits per heavy atom. The predicted octanol–water partition coefficient (Wildman–Crippen LogP) is 4.73. The molecular formula is C25H25N3O5S. The molecule has 34 heavy (non-hydrogen) atoms. The Morgan fingerprint density at radius 2 is 1.74 bits per heavy atom. The molecular weight excluding hydrogens is 454 g/mol. The first-order valence-electron chi connectivity index (χ1n) is 11.0. The van der Waals surface area contributed by atoms with Crippen molar-refractivity contribution in [2.75, 3.05) is 18.5 Å². The maximum atomic E-state index is 12.4. The summed E-state index contributed by atoms with van der Waals surface area (Å²) >= 11 is 1.05. The van der Waals surface area contributed by atoms with Gasteiger partial charge in [0.15, 0.2) is 5.13 Å². The third-order valence-corrected chi connectivity index (χ3v) is 6.66. The number of carbonyl (C=O) groups is 3. The average Bonchev–Trinajstić information content (AvgIpc) is 3.42. The number of ether oxygens (including phenoxy) is 1. The molecule has 1 heterocycles. The summed E-state index contributed by atoms with van der Waals surface area (Å²) in [6.07, 6.45) is 1.30. The lowest BCUT2D eigenvalue weighted by atomic mass is 9.98. The number of nitrogens with zero attached hydrogens (tertiary/aromatic N) is 1. The van der Waals surface area contributed by atoms with E-state index in [2.05, 4.69) is 39.9 Å². The Hall–Kier alpha value is -3.72. The van der Waals surface area contributed by atoms with Gasteiger partial charge in [-0.3, -0.25) is 14.9 Å². The Bertz CT molecular complexity index is 1160. The summed E-state index contributed by atoms with van der Waals surface area (Å²) in [7, 11) is 0. The minimum Gasteiger partial charge on any atom is -0.481 e. The maximum absolute atomic E-state index is 12.4. The lowest BCUT2D eigenvalue weighted by molar-refractivity contribution is -0.137. The van der Waals surface area contributed by atoms with E-state index in [1.54, 1.807) is 0 Å². The Labute approximate surface area is 201 Å². The van der Waals surface area contributed by atoms with E-state index >= 15 is 0 Å². The van der Waals surface area contributed by atoms with E-state index in [4.69, 9.17) is 9.84 Å². The van der Waals surface area contributed by atoms with Crippen molar-refractivity contribution in [3.63, 3.8) is 0 Å². The van der Waals surface area contributed by atoms with Gasteiger partial charge in [0.25, 0.3) is 5.91 Å². The van der Waals surface area contributed by atoms with E-state index in [0.29, 0.717) is 17.8 Å². The molecule has 9 heteroatoms. The van der Waals surface area contributed by atoms with Crippen LogP contribution in [0.2, 0.25) is 0 Å². The molecule has 0 saturated carbocycles. The molecule has 1 aromatic heterocycles. The van der Waals surface area contributed by atoms with Gasteiger partial charge in [0.05, 0.1) is 6.20 Å². The fraction of sp³-hybridized carbons (Fsp3) is 0.280. The smallest absolute Gasteiger partial charge is 0.413 e. The van der Waals surface area contributed by atoms with Gasteiger partial charge < -0.3 is 15.2 Å². The minimum absolute atomic E-state index is 0.0337. The Kier molecular flexibility index (Phi) is 7.22. The number of hydrogen-bond donors (Lipinski definition) is 3. The minimum atomic E-state index is -0.857. The lowest BCUT2D eigenvalue weighted by Crippen LogP contribution is -2.27. The summed E-state index contributed by atoms with van der Waals surface area (Å²) in [5.41, 5.74) is 4.56. The molecule has 1 aliphatic rings. The lowest BCUT2D eigenvalue weighted by Gasteiger charge is -2.14. The summed E-state index contributed by atoms with van der Waals surface area (Å²) < 4.78 is 5.51. The summed E-state index contributed by atoms with van der Waals surface area (Å²) in [5, 5.41) is 14.4. The molecule has 0 fully saturated rings. The van der Waals surface area contributed by atoms with Crippen LogP contribution < -0.4 is 10.6 Å². The van der Waals surface area contributed by atoms with E-state index in [0.717, 1.165) is 33.6 Å². The number of benzene rings is 2. The quantitative estimate of drug-likeness (QED) is 0.408. The Morgan fingerprint density at radius 1 is 1.09 bits per heavy atom. The SMILES string of the molecule is CC(CCC(=O)O)CNC(=O)c1cnc(NC(=O)OCC2c3ccccc3-c3ccccc32)s1. The highest BCUT2D eigenvalue weighted by Gasteiger charge is 2.29. The highest BCUT2D eigenvalue weighted by atomic mass is 32.1. The molecule has 2 amide bonds. The molecule has 4 rings (SSSR count). The molecule has 3 N–H and O–H groups in total. The topological polar surface area (TPSA) is 118 Å². The molecule has 2 aromatic carbocycles. The van der Waals surface area contributed by atoms with Crippen molar-refractivity contribution in [2.45, 2.75) is 25.7 Å². The fourth-order valence-electron chi connectivity index (χ4n) is 3.98. The number of aromatic nitrogens is 1. The van der Waals surface area contributed by atoms with Crippen molar-refractivity contribution < 1.29 is 24.2 Å². The number of hydrogen-bond acceptors (Lipinski definition) is 6. The standard InChI is InChI=1S/C25H25N3O5S/c1-15(10-11-22(29)30)12-26-23(31)21-13-27-24(34-21)28-25(32)33-14-20-18-8-4-2-6-16(18)17-7-3-5-9-19(17)20/h2-9,13,15,20H,10-12,14H2,1H3,(H,26,31)(H,29,30)(H,27,28,32). The zero-order valence-electron chi connectivity index (χ0n) is 18.6. The van der Waals surface area contributed by atoms with Crippen molar-refractivity contribution in [2.24, 2.45) is 5.92 Å². The van der Waals surface area contributed by atoms with Crippen LogP contribution in [0.15, 0.2) is 54.7 Å². The van der Waals surface area contributed by atoms with Crippen molar-refractivity contribution >= 4 is 34.4 Å². The number of amides is 2. The highest BCUT2D eigenvalue weighted by Crippen LogP contribution is 2.44. The van der Waals surface area contributed by atoms with E-state index < -0.39 is 12.1 Å². The molecule has 0 spiro atoms. The summed E-state index contributed by atoms with van der Waals surface area (Å²) in [5.74, 6) is -1.19. The van der Waals surface area contributed by atoms with Crippen molar-refractivity contribution in [3.05, 3.63) is 70.7 Å². The molecule has 0 bridgehead atoms. The van der Waals surface area contributed by atoms with Gasteiger partial charge in [-0.15, -0.1) is 0 Å². The van der Waals surface area contributed by atoms with Crippen LogP contribution in [-0.4, -0.2) is 41.2 Å². The third kappa shape index (κ3) is 5.43. The van der Waals surface area contributed by atoms with Gasteiger partial charge in [-0.1, -0.05) is 66.8 Å². The molecule has 0 saturated heterocycles. The van der Waals surface area contributed by atoms with Gasteiger partial charge in [0.2, 0.25) is 0 Å². The van der Waals surface area contributed by atoms with Crippen molar-refractivity contribution in [3.8, 4) is 11.1 Å². The third-order valence-electron chi connectivity index (χ3n) is 5.74. The van der Waals surface area contributed by atoms with Crippen LogP contribution in [0, 0.1) is 5.92 Å². The second-order valence-corrected chi connectivity index (χ2v) is 9.26. The number of thiazole rings is 1. The second-order valence-electron chi connectivity index (χ2n) is 8.23. The fourth-order valence-corrected chi connectivity index (χ4v) is 4.70. The van der Waals surface area contributed by atoms with Crippen LogP contribution in [0.3, 0.4) is 0 Å². The van der Waals surface area contributed by atoms with Gasteiger partial charge in [-0.2, -0.15) is 0 Å². The number of carbonyl (C=O) groups excluding carboxylic acids is 2. The molecule has 1 atom stereocenters. The van der Waals surface area contributed by atoms with Crippen LogP contribution in [0.25, 0.3) is 11.1 Å². The number of aliphatic carboxylic acids is 1. The summed E-state index contributed by atoms with van der Waals surface area (Å²) in [4.78, 5) is 39.8. The number of rotatable bonds is 9. The first-order valence-corrected chi connectivity index (χ1v) is 11.8. The van der Waals surface area contributed by atoms with E-state index in [1.807, 2.05) is 31.2 Å².